The second-order valence-electron chi connectivity index (χ2n) is 4.05. The average Bonchev–Trinajstić information content (AvgIpc) is 2.85. The Hall–Kier alpha value is -1.50. The van der Waals surface area contributed by atoms with Gasteiger partial charge in [0.1, 0.15) is 0 Å². The van der Waals surface area contributed by atoms with Crippen LogP contribution in [0.25, 0.3) is 0 Å². The molecule has 2 heterocycles. The minimum atomic E-state index is -0.0834. The van der Waals surface area contributed by atoms with Crippen LogP contribution < -0.4 is 10.2 Å². The Balaban J connectivity index is 0.00000133. The SMILES string of the molecule is Cl.O=C(c1csnn1)N1CCNCc2ccccc21. The lowest BCUT2D eigenvalue weighted by Gasteiger charge is -2.21. The van der Waals surface area contributed by atoms with Crippen molar-refractivity contribution in [3.63, 3.8) is 0 Å². The van der Waals surface area contributed by atoms with Gasteiger partial charge < -0.3 is 10.2 Å². The third kappa shape index (κ3) is 2.75. The number of halogens is 1. The van der Waals surface area contributed by atoms with Gasteiger partial charge in [-0.25, -0.2) is 0 Å². The fourth-order valence-corrected chi connectivity index (χ4v) is 2.50. The molecule has 0 saturated carbocycles. The normalized spacial score (nSPS) is 14.2. The van der Waals surface area contributed by atoms with Crippen LogP contribution >= 0.6 is 23.9 Å². The molecular weight excluding hydrogens is 284 g/mol. The van der Waals surface area contributed by atoms with Crippen molar-refractivity contribution in [1.29, 1.82) is 0 Å². The molecule has 2 aromatic rings. The molecule has 19 heavy (non-hydrogen) atoms. The van der Waals surface area contributed by atoms with Crippen molar-refractivity contribution in [3.8, 4) is 0 Å². The zero-order valence-electron chi connectivity index (χ0n) is 10.1. The van der Waals surface area contributed by atoms with E-state index in [1.807, 2.05) is 24.3 Å². The number of para-hydroxylation sites is 1. The zero-order chi connectivity index (χ0) is 12.4. The third-order valence-corrected chi connectivity index (χ3v) is 3.44. The second kappa shape index (κ2) is 6.10. The smallest absolute Gasteiger partial charge is 0.279 e. The molecule has 7 heteroatoms. The summed E-state index contributed by atoms with van der Waals surface area (Å²) in [6.07, 6.45) is 0. The Bertz CT molecular complexity index is 561. The third-order valence-electron chi connectivity index (χ3n) is 2.93. The fraction of sp³-hybridized carbons (Fsp3) is 0.250. The number of nitrogens with zero attached hydrogens (tertiary/aromatic N) is 3. The summed E-state index contributed by atoms with van der Waals surface area (Å²) in [4.78, 5) is 14.1. The summed E-state index contributed by atoms with van der Waals surface area (Å²) >= 11 is 1.19. The van der Waals surface area contributed by atoms with Crippen molar-refractivity contribution in [2.24, 2.45) is 0 Å². The van der Waals surface area contributed by atoms with Gasteiger partial charge in [-0.1, -0.05) is 22.7 Å². The number of fused-ring (bicyclic) bond motifs is 1. The first-order valence-corrected chi connectivity index (χ1v) is 6.57. The number of hydrogen-bond donors (Lipinski definition) is 1. The minimum Gasteiger partial charge on any atom is -0.311 e. The van der Waals surface area contributed by atoms with E-state index in [0.29, 0.717) is 12.2 Å². The highest BCUT2D eigenvalue weighted by Crippen LogP contribution is 2.23. The van der Waals surface area contributed by atoms with Crippen LogP contribution in [0.15, 0.2) is 29.6 Å². The molecule has 100 valence electrons. The van der Waals surface area contributed by atoms with E-state index in [1.54, 1.807) is 10.3 Å². The van der Waals surface area contributed by atoms with Gasteiger partial charge in [0.15, 0.2) is 5.69 Å². The predicted octanol–water partition coefficient (Wildman–Crippen LogP) is 1.71. The molecule has 0 radical (unpaired) electrons. The summed E-state index contributed by atoms with van der Waals surface area (Å²) in [6, 6.07) is 7.94. The first-order valence-electron chi connectivity index (χ1n) is 5.74. The summed E-state index contributed by atoms with van der Waals surface area (Å²) in [6.45, 7) is 2.21. The number of amides is 1. The van der Waals surface area contributed by atoms with Gasteiger partial charge in [0.2, 0.25) is 0 Å². The van der Waals surface area contributed by atoms with Crippen molar-refractivity contribution in [3.05, 3.63) is 40.9 Å². The highest BCUT2D eigenvalue weighted by Gasteiger charge is 2.23. The van der Waals surface area contributed by atoms with E-state index >= 15 is 0 Å². The highest BCUT2D eigenvalue weighted by molar-refractivity contribution is 7.03. The number of carbonyl (C=O) groups excluding carboxylic acids is 1. The van der Waals surface area contributed by atoms with Crippen LogP contribution in [0.2, 0.25) is 0 Å². The van der Waals surface area contributed by atoms with Gasteiger partial charge in [-0.15, -0.1) is 17.5 Å². The monoisotopic (exact) mass is 296 g/mol. The van der Waals surface area contributed by atoms with E-state index < -0.39 is 0 Å². The summed E-state index contributed by atoms with van der Waals surface area (Å²) in [7, 11) is 0. The Morgan fingerprint density at radius 3 is 3.00 bits per heavy atom. The van der Waals surface area contributed by atoms with Crippen LogP contribution in [0.5, 0.6) is 0 Å². The van der Waals surface area contributed by atoms with Crippen molar-refractivity contribution in [2.45, 2.75) is 6.54 Å². The molecule has 1 N–H and O–H groups in total. The van der Waals surface area contributed by atoms with Crippen molar-refractivity contribution in [2.75, 3.05) is 18.0 Å². The van der Waals surface area contributed by atoms with Crippen LogP contribution in [0, 0.1) is 0 Å². The Morgan fingerprint density at radius 2 is 2.21 bits per heavy atom. The molecule has 3 rings (SSSR count). The Kier molecular flexibility index (Phi) is 4.47. The molecule has 0 atom stereocenters. The van der Waals surface area contributed by atoms with Gasteiger partial charge in [0, 0.05) is 30.7 Å². The number of rotatable bonds is 1. The summed E-state index contributed by atoms with van der Waals surface area (Å²) in [5.41, 5.74) is 2.50. The standard InChI is InChI=1S/C12H12N4OS.ClH/c17-12(10-8-18-15-14-10)16-6-5-13-7-9-3-1-2-4-11(9)16;/h1-4,8,13H,5-7H2;1H. The second-order valence-corrected chi connectivity index (χ2v) is 4.66. The molecule has 0 spiro atoms. The van der Waals surface area contributed by atoms with Gasteiger partial charge >= 0.3 is 0 Å². The van der Waals surface area contributed by atoms with Crippen LogP contribution in [0.4, 0.5) is 5.69 Å². The van der Waals surface area contributed by atoms with Gasteiger partial charge in [0.05, 0.1) is 0 Å². The van der Waals surface area contributed by atoms with Crippen molar-refractivity contribution < 1.29 is 4.79 Å². The van der Waals surface area contributed by atoms with Gasteiger partial charge in [-0.2, -0.15) is 0 Å². The van der Waals surface area contributed by atoms with Crippen LogP contribution in [0.1, 0.15) is 16.1 Å². The Morgan fingerprint density at radius 1 is 1.37 bits per heavy atom. The van der Waals surface area contributed by atoms with Gasteiger partial charge in [-0.05, 0) is 23.2 Å². The largest absolute Gasteiger partial charge is 0.311 e. The van der Waals surface area contributed by atoms with E-state index in [-0.39, 0.29) is 18.3 Å². The predicted molar refractivity (Wildman–Crippen MR) is 77.0 cm³/mol. The summed E-state index contributed by atoms with van der Waals surface area (Å²) in [5, 5.41) is 8.84. The lowest BCUT2D eigenvalue weighted by atomic mass is 10.1. The van der Waals surface area contributed by atoms with E-state index in [1.165, 1.54) is 11.5 Å². The van der Waals surface area contributed by atoms with E-state index in [0.717, 1.165) is 24.3 Å². The first kappa shape index (κ1) is 13.9. The number of aromatic nitrogens is 2. The number of nitrogens with one attached hydrogen (secondary N) is 1. The molecule has 1 amide bonds. The topological polar surface area (TPSA) is 58.1 Å². The van der Waals surface area contributed by atoms with Crippen molar-refractivity contribution >= 4 is 35.5 Å². The minimum absolute atomic E-state index is 0. The Labute approximate surface area is 121 Å². The number of anilines is 1. The highest BCUT2D eigenvalue weighted by atomic mass is 35.5. The molecule has 0 aliphatic carbocycles. The van der Waals surface area contributed by atoms with Crippen LogP contribution in [-0.2, 0) is 6.54 Å². The number of carbonyl (C=O) groups is 1. The lowest BCUT2D eigenvalue weighted by Crippen LogP contribution is -2.34. The van der Waals surface area contributed by atoms with E-state index in [9.17, 15) is 4.79 Å². The van der Waals surface area contributed by atoms with Crippen LogP contribution in [-0.4, -0.2) is 28.6 Å². The number of benzene rings is 1. The van der Waals surface area contributed by atoms with Gasteiger partial charge in [0.25, 0.3) is 5.91 Å². The molecule has 5 nitrogen and oxygen atoms in total. The molecule has 1 aliphatic heterocycles. The molecule has 1 aromatic heterocycles. The van der Waals surface area contributed by atoms with Gasteiger partial charge in [-0.3, -0.25) is 4.79 Å². The maximum Gasteiger partial charge on any atom is 0.279 e. The first-order chi connectivity index (χ1) is 8.86. The average molecular weight is 297 g/mol. The maximum absolute atomic E-state index is 12.4. The molecule has 1 aromatic carbocycles. The van der Waals surface area contributed by atoms with Crippen molar-refractivity contribution in [1.82, 2.24) is 14.9 Å². The summed E-state index contributed by atoms with van der Waals surface area (Å²) in [5.74, 6) is -0.0834. The maximum atomic E-state index is 12.4. The zero-order valence-corrected chi connectivity index (χ0v) is 11.7. The quantitative estimate of drug-likeness (QED) is 0.870. The summed E-state index contributed by atoms with van der Waals surface area (Å²) < 4.78 is 3.75. The lowest BCUT2D eigenvalue weighted by molar-refractivity contribution is 0.0983. The molecule has 0 bridgehead atoms. The molecule has 0 saturated heterocycles. The number of hydrogen-bond acceptors (Lipinski definition) is 5. The molecular formula is C12H13ClN4OS. The fourth-order valence-electron chi connectivity index (χ4n) is 2.07. The molecule has 1 aliphatic rings. The van der Waals surface area contributed by atoms with E-state index in [2.05, 4.69) is 14.9 Å². The molecule has 0 unspecified atom stereocenters. The van der Waals surface area contributed by atoms with E-state index in [4.69, 9.17) is 0 Å². The molecule has 0 fully saturated rings. The van der Waals surface area contributed by atoms with Crippen LogP contribution in [0.3, 0.4) is 0 Å².